The average molecular weight is 511 g/mol. The predicted octanol–water partition coefficient (Wildman–Crippen LogP) is 6.47. The van der Waals surface area contributed by atoms with Crippen molar-refractivity contribution in [2.24, 2.45) is 0 Å². The fourth-order valence-corrected chi connectivity index (χ4v) is 4.65. The minimum Gasteiger partial charge on any atom is -0.356 e. The van der Waals surface area contributed by atoms with Crippen molar-refractivity contribution in [2.45, 2.75) is 24.4 Å². The van der Waals surface area contributed by atoms with Gasteiger partial charge in [-0.2, -0.15) is 0 Å². The van der Waals surface area contributed by atoms with E-state index in [1.54, 1.807) is 17.8 Å². The molecule has 0 fully saturated rings. The Hall–Kier alpha value is -2.80. The van der Waals surface area contributed by atoms with Crippen LogP contribution in [0.25, 0.3) is 17.1 Å². The van der Waals surface area contributed by atoms with E-state index in [9.17, 15) is 4.79 Å². The van der Waals surface area contributed by atoms with E-state index in [4.69, 9.17) is 23.2 Å². The minimum atomic E-state index is 0.0625. The molecule has 1 amide bonds. The van der Waals surface area contributed by atoms with Crippen LogP contribution in [0.1, 0.15) is 18.4 Å². The van der Waals surface area contributed by atoms with E-state index in [-0.39, 0.29) is 5.91 Å². The number of benzene rings is 3. The lowest BCUT2D eigenvalue weighted by Gasteiger charge is -2.11. The summed E-state index contributed by atoms with van der Waals surface area (Å²) in [6, 6.07) is 25.5. The van der Waals surface area contributed by atoms with Crippen LogP contribution in [0.3, 0.4) is 0 Å². The van der Waals surface area contributed by atoms with Crippen molar-refractivity contribution < 1.29 is 4.79 Å². The molecule has 1 aromatic heterocycles. The molecule has 3 aromatic carbocycles. The van der Waals surface area contributed by atoms with Crippen LogP contribution in [0.2, 0.25) is 10.0 Å². The molecule has 34 heavy (non-hydrogen) atoms. The maximum absolute atomic E-state index is 12.2. The number of thioether (sulfide) groups is 1. The van der Waals surface area contributed by atoms with Gasteiger partial charge in [0, 0.05) is 24.3 Å². The summed E-state index contributed by atoms with van der Waals surface area (Å²) in [7, 11) is 0. The molecule has 0 aliphatic carbocycles. The van der Waals surface area contributed by atoms with E-state index < -0.39 is 0 Å². The van der Waals surface area contributed by atoms with Crippen molar-refractivity contribution in [1.29, 1.82) is 0 Å². The number of hydrogen-bond acceptors (Lipinski definition) is 4. The van der Waals surface area contributed by atoms with Crippen LogP contribution in [-0.4, -0.2) is 33.0 Å². The third kappa shape index (κ3) is 6.41. The Morgan fingerprint density at radius 2 is 1.65 bits per heavy atom. The summed E-state index contributed by atoms with van der Waals surface area (Å²) in [6.45, 7) is 0.641. The van der Waals surface area contributed by atoms with Crippen LogP contribution in [0.5, 0.6) is 0 Å². The highest BCUT2D eigenvalue weighted by Gasteiger charge is 2.17. The molecule has 4 rings (SSSR count). The smallest absolute Gasteiger partial charge is 0.220 e. The lowest BCUT2D eigenvalue weighted by Crippen LogP contribution is -2.25. The number of rotatable bonds is 10. The number of nitrogens with zero attached hydrogens (tertiary/aromatic N) is 3. The van der Waals surface area contributed by atoms with Gasteiger partial charge in [-0.05, 0) is 36.6 Å². The SMILES string of the molecule is O=C(CCCSc1nnc(-c2ccccc2)n1-c1ccc(Cl)c(Cl)c1)NCCc1ccccc1. The van der Waals surface area contributed by atoms with Crippen LogP contribution in [-0.2, 0) is 11.2 Å². The Labute approximate surface area is 213 Å². The Kier molecular flexibility index (Phi) is 8.63. The van der Waals surface area contributed by atoms with Gasteiger partial charge < -0.3 is 5.32 Å². The van der Waals surface area contributed by atoms with Gasteiger partial charge in [-0.1, -0.05) is 95.6 Å². The number of amides is 1. The van der Waals surface area contributed by atoms with Crippen molar-refractivity contribution >= 4 is 40.9 Å². The summed E-state index contributed by atoms with van der Waals surface area (Å²) in [5, 5.41) is 13.5. The lowest BCUT2D eigenvalue weighted by atomic mass is 10.1. The Morgan fingerprint density at radius 3 is 2.38 bits per heavy atom. The van der Waals surface area contributed by atoms with Gasteiger partial charge in [0.05, 0.1) is 15.7 Å². The van der Waals surface area contributed by atoms with Gasteiger partial charge in [-0.15, -0.1) is 10.2 Å². The topological polar surface area (TPSA) is 59.8 Å². The van der Waals surface area contributed by atoms with Gasteiger partial charge in [-0.25, -0.2) is 0 Å². The van der Waals surface area contributed by atoms with Crippen LogP contribution in [0, 0.1) is 0 Å². The minimum absolute atomic E-state index is 0.0625. The first-order valence-electron chi connectivity index (χ1n) is 11.0. The molecule has 0 aliphatic rings. The molecule has 1 N–H and O–H groups in total. The first kappa shape index (κ1) is 24.3. The summed E-state index contributed by atoms with van der Waals surface area (Å²) in [5.74, 6) is 1.52. The van der Waals surface area contributed by atoms with Gasteiger partial charge in [-0.3, -0.25) is 9.36 Å². The highest BCUT2D eigenvalue weighted by molar-refractivity contribution is 7.99. The van der Waals surface area contributed by atoms with Crippen molar-refractivity contribution in [2.75, 3.05) is 12.3 Å². The van der Waals surface area contributed by atoms with Gasteiger partial charge in [0.1, 0.15) is 0 Å². The van der Waals surface area contributed by atoms with Crippen LogP contribution in [0.15, 0.2) is 84.0 Å². The summed E-state index contributed by atoms with van der Waals surface area (Å²) in [5.41, 5.74) is 3.00. The molecular weight excluding hydrogens is 487 g/mol. The molecule has 0 bridgehead atoms. The monoisotopic (exact) mass is 510 g/mol. The van der Waals surface area contributed by atoms with E-state index in [0.29, 0.717) is 23.0 Å². The normalized spacial score (nSPS) is 10.9. The Balaban J connectivity index is 1.37. The Morgan fingerprint density at radius 1 is 0.912 bits per heavy atom. The maximum atomic E-state index is 12.2. The molecule has 8 heteroatoms. The summed E-state index contributed by atoms with van der Waals surface area (Å²) < 4.78 is 1.97. The number of carbonyl (C=O) groups is 1. The third-order valence-electron chi connectivity index (χ3n) is 5.18. The zero-order valence-corrected chi connectivity index (χ0v) is 20.8. The fourth-order valence-electron chi connectivity index (χ4n) is 3.47. The first-order valence-corrected chi connectivity index (χ1v) is 12.8. The second-order valence-electron chi connectivity index (χ2n) is 7.64. The largest absolute Gasteiger partial charge is 0.356 e. The molecule has 0 saturated carbocycles. The van der Waals surface area contributed by atoms with Crippen molar-refractivity contribution in [3.63, 3.8) is 0 Å². The summed E-state index contributed by atoms with van der Waals surface area (Å²) in [4.78, 5) is 12.2. The zero-order chi connectivity index (χ0) is 23.8. The number of carbonyl (C=O) groups excluding carboxylic acids is 1. The summed E-state index contributed by atoms with van der Waals surface area (Å²) >= 11 is 14.0. The molecule has 0 atom stereocenters. The van der Waals surface area contributed by atoms with Crippen LogP contribution >= 0.6 is 35.0 Å². The van der Waals surface area contributed by atoms with Gasteiger partial charge >= 0.3 is 0 Å². The van der Waals surface area contributed by atoms with E-state index >= 15 is 0 Å². The molecule has 0 aliphatic heterocycles. The van der Waals surface area contributed by atoms with E-state index in [1.165, 1.54) is 5.56 Å². The summed E-state index contributed by atoms with van der Waals surface area (Å²) in [6.07, 6.45) is 2.03. The number of nitrogens with one attached hydrogen (secondary N) is 1. The molecule has 0 spiro atoms. The standard InChI is InChI=1S/C26H24Cl2N4OS/c27-22-14-13-21(18-23(22)28)32-25(20-10-5-2-6-11-20)30-31-26(32)34-17-7-12-24(33)29-16-15-19-8-3-1-4-9-19/h1-6,8-11,13-14,18H,7,12,15-17H2,(H,29,33). The molecule has 4 aromatic rings. The van der Waals surface area contributed by atoms with Crippen LogP contribution in [0.4, 0.5) is 0 Å². The molecular formula is C26H24Cl2N4OS. The molecule has 0 saturated heterocycles. The highest BCUT2D eigenvalue weighted by atomic mass is 35.5. The molecule has 0 unspecified atom stereocenters. The van der Waals surface area contributed by atoms with E-state index in [2.05, 4.69) is 27.6 Å². The number of hydrogen-bond donors (Lipinski definition) is 1. The second kappa shape index (κ2) is 12.1. The van der Waals surface area contributed by atoms with Gasteiger partial charge in [0.15, 0.2) is 11.0 Å². The van der Waals surface area contributed by atoms with E-state index in [0.717, 1.165) is 40.8 Å². The lowest BCUT2D eigenvalue weighted by molar-refractivity contribution is -0.121. The van der Waals surface area contributed by atoms with Gasteiger partial charge in [0.25, 0.3) is 0 Å². The maximum Gasteiger partial charge on any atom is 0.220 e. The molecule has 174 valence electrons. The molecule has 1 heterocycles. The van der Waals surface area contributed by atoms with Crippen molar-refractivity contribution in [3.8, 4) is 17.1 Å². The number of aromatic nitrogens is 3. The second-order valence-corrected chi connectivity index (χ2v) is 9.52. The highest BCUT2D eigenvalue weighted by Crippen LogP contribution is 2.31. The number of halogens is 2. The quantitative estimate of drug-likeness (QED) is 0.196. The third-order valence-corrected chi connectivity index (χ3v) is 6.94. The van der Waals surface area contributed by atoms with Crippen molar-refractivity contribution in [3.05, 3.63) is 94.5 Å². The van der Waals surface area contributed by atoms with Gasteiger partial charge in [0.2, 0.25) is 5.91 Å². The molecule has 5 nitrogen and oxygen atoms in total. The van der Waals surface area contributed by atoms with Crippen LogP contribution < -0.4 is 5.32 Å². The fraction of sp³-hybridized carbons (Fsp3) is 0.192. The predicted molar refractivity (Wildman–Crippen MR) is 140 cm³/mol. The first-order chi connectivity index (χ1) is 16.6. The zero-order valence-electron chi connectivity index (χ0n) is 18.5. The average Bonchev–Trinajstić information content (AvgIpc) is 3.29. The van der Waals surface area contributed by atoms with E-state index in [1.807, 2.05) is 65.2 Å². The van der Waals surface area contributed by atoms with Crippen molar-refractivity contribution in [1.82, 2.24) is 20.1 Å². The Bertz CT molecular complexity index is 1230. The molecule has 0 radical (unpaired) electrons.